The van der Waals surface area contributed by atoms with E-state index in [9.17, 15) is 9.90 Å². The first kappa shape index (κ1) is 22.4. The lowest BCUT2D eigenvalue weighted by Crippen LogP contribution is -2.26. The summed E-state index contributed by atoms with van der Waals surface area (Å²) in [5.41, 5.74) is 0. The Balaban J connectivity index is 3.29. The number of hydrogen-bond acceptors (Lipinski definition) is 3. The van der Waals surface area contributed by atoms with E-state index in [1.54, 1.807) is 6.92 Å². The van der Waals surface area contributed by atoms with E-state index < -0.39 is 12.0 Å². The van der Waals surface area contributed by atoms with Crippen molar-refractivity contribution >= 4 is 5.97 Å². The molecule has 0 aliphatic heterocycles. The molecule has 138 valence electrons. The zero-order valence-corrected chi connectivity index (χ0v) is 16.0. The predicted octanol–water partition coefficient (Wildman–Crippen LogP) is 5.49. The van der Waals surface area contributed by atoms with E-state index in [4.69, 9.17) is 0 Å². The molecular weight excluding hydrogens is 288 g/mol. The molecule has 2 unspecified atom stereocenters. The second-order valence-corrected chi connectivity index (χ2v) is 7.39. The summed E-state index contributed by atoms with van der Waals surface area (Å²) < 4.78 is 4.65. The molecule has 0 amide bonds. The van der Waals surface area contributed by atoms with Crippen LogP contribution >= 0.6 is 0 Å². The van der Waals surface area contributed by atoms with Crippen LogP contribution in [-0.2, 0) is 9.53 Å². The first-order valence-corrected chi connectivity index (χ1v) is 9.75. The zero-order valence-electron chi connectivity index (χ0n) is 16.0. The van der Waals surface area contributed by atoms with Gasteiger partial charge in [-0.3, -0.25) is 4.79 Å². The molecule has 0 aromatic heterocycles. The average molecular weight is 329 g/mol. The Morgan fingerprint density at radius 2 is 1.17 bits per heavy atom. The fraction of sp³-hybridized carbons (Fsp3) is 0.950. The molecule has 0 aliphatic carbocycles. The van der Waals surface area contributed by atoms with E-state index in [-0.39, 0.29) is 5.97 Å². The molecule has 0 aromatic rings. The maximum atomic E-state index is 11.3. The van der Waals surface area contributed by atoms with Crippen LogP contribution in [-0.4, -0.2) is 24.3 Å². The fourth-order valence-electron chi connectivity index (χ4n) is 2.91. The fourth-order valence-corrected chi connectivity index (χ4v) is 2.91. The summed E-state index contributed by atoms with van der Waals surface area (Å²) in [5.74, 6) is 0.130. The highest BCUT2D eigenvalue weighted by molar-refractivity contribution is 5.72. The number of carbonyl (C=O) groups excluding carboxylic acids is 1. The van der Waals surface area contributed by atoms with E-state index in [2.05, 4.69) is 18.6 Å². The van der Waals surface area contributed by atoms with Crippen LogP contribution in [0.2, 0.25) is 0 Å². The van der Waals surface area contributed by atoms with Crippen molar-refractivity contribution < 1.29 is 14.6 Å². The lowest BCUT2D eigenvalue weighted by molar-refractivity contribution is -0.148. The molecule has 23 heavy (non-hydrogen) atoms. The number of carbonyl (C=O) groups is 1. The SMILES string of the molecule is COC(=O)C(C)C(O)CCCCCCCCCCCCC(C)C. The molecule has 0 aliphatic rings. The maximum absolute atomic E-state index is 11.3. The number of hydrogen-bond donors (Lipinski definition) is 1. The number of rotatable bonds is 15. The van der Waals surface area contributed by atoms with Crippen LogP contribution in [0.4, 0.5) is 0 Å². The van der Waals surface area contributed by atoms with Gasteiger partial charge in [0.05, 0.1) is 19.1 Å². The molecular formula is C20H40O3. The predicted molar refractivity (Wildman–Crippen MR) is 97.4 cm³/mol. The number of aliphatic hydroxyl groups is 1. The summed E-state index contributed by atoms with van der Waals surface area (Å²) in [6.07, 6.45) is 14.5. The van der Waals surface area contributed by atoms with Crippen molar-refractivity contribution in [2.75, 3.05) is 7.11 Å². The second-order valence-electron chi connectivity index (χ2n) is 7.39. The molecule has 0 rings (SSSR count). The van der Waals surface area contributed by atoms with Gasteiger partial charge in [-0.15, -0.1) is 0 Å². The van der Waals surface area contributed by atoms with E-state index in [0.29, 0.717) is 6.42 Å². The van der Waals surface area contributed by atoms with Gasteiger partial charge in [-0.2, -0.15) is 0 Å². The lowest BCUT2D eigenvalue weighted by atomic mass is 9.98. The van der Waals surface area contributed by atoms with Crippen LogP contribution in [0.15, 0.2) is 0 Å². The van der Waals surface area contributed by atoms with Gasteiger partial charge in [0, 0.05) is 0 Å². The van der Waals surface area contributed by atoms with Crippen molar-refractivity contribution in [1.29, 1.82) is 0 Å². The molecule has 0 saturated carbocycles. The quantitative estimate of drug-likeness (QED) is 0.319. The van der Waals surface area contributed by atoms with Crippen LogP contribution < -0.4 is 0 Å². The minimum absolute atomic E-state index is 0.314. The highest BCUT2D eigenvalue weighted by Gasteiger charge is 2.21. The second kappa shape index (κ2) is 15.0. The first-order chi connectivity index (χ1) is 11.0. The Morgan fingerprint density at radius 3 is 1.57 bits per heavy atom. The molecule has 1 N–H and O–H groups in total. The zero-order chi connectivity index (χ0) is 17.5. The van der Waals surface area contributed by atoms with E-state index in [0.717, 1.165) is 18.8 Å². The smallest absolute Gasteiger partial charge is 0.311 e. The van der Waals surface area contributed by atoms with Crippen molar-refractivity contribution in [3.05, 3.63) is 0 Å². The van der Waals surface area contributed by atoms with Gasteiger partial charge < -0.3 is 9.84 Å². The molecule has 0 aromatic carbocycles. The summed E-state index contributed by atoms with van der Waals surface area (Å²) in [5, 5.41) is 9.90. The Kier molecular flexibility index (Phi) is 14.6. The van der Waals surface area contributed by atoms with Crippen LogP contribution in [0.1, 0.15) is 97.8 Å². The first-order valence-electron chi connectivity index (χ1n) is 9.75. The van der Waals surface area contributed by atoms with Crippen molar-refractivity contribution in [2.24, 2.45) is 11.8 Å². The van der Waals surface area contributed by atoms with E-state index >= 15 is 0 Å². The number of aliphatic hydroxyl groups excluding tert-OH is 1. The molecule has 0 heterocycles. The Labute approximate surface area is 144 Å². The van der Waals surface area contributed by atoms with E-state index in [1.807, 2.05) is 0 Å². The molecule has 0 radical (unpaired) electrons. The van der Waals surface area contributed by atoms with E-state index in [1.165, 1.54) is 64.9 Å². The van der Waals surface area contributed by atoms with Crippen LogP contribution in [0.5, 0.6) is 0 Å². The summed E-state index contributed by atoms with van der Waals surface area (Å²) in [6, 6.07) is 0. The topological polar surface area (TPSA) is 46.5 Å². The van der Waals surface area contributed by atoms with Crippen LogP contribution in [0, 0.1) is 11.8 Å². The summed E-state index contributed by atoms with van der Waals surface area (Å²) in [4.78, 5) is 11.3. The van der Waals surface area contributed by atoms with Gasteiger partial charge in [0.2, 0.25) is 0 Å². The van der Waals surface area contributed by atoms with Gasteiger partial charge in [0.1, 0.15) is 0 Å². The molecule has 2 atom stereocenters. The standard InChI is InChI=1S/C20H40O3/c1-17(2)15-13-11-9-7-5-6-8-10-12-14-16-19(21)18(3)20(22)23-4/h17-19,21H,5-16H2,1-4H3. The average Bonchev–Trinajstić information content (AvgIpc) is 2.53. The number of ether oxygens (including phenoxy) is 1. The summed E-state index contributed by atoms with van der Waals surface area (Å²) >= 11 is 0. The monoisotopic (exact) mass is 328 g/mol. The normalized spacial score (nSPS) is 14.0. The van der Waals surface area contributed by atoms with Gasteiger partial charge in [-0.1, -0.05) is 84.5 Å². The van der Waals surface area contributed by atoms with Crippen molar-refractivity contribution in [1.82, 2.24) is 0 Å². The number of methoxy groups -OCH3 is 1. The van der Waals surface area contributed by atoms with Gasteiger partial charge in [0.15, 0.2) is 0 Å². The van der Waals surface area contributed by atoms with Crippen molar-refractivity contribution in [3.8, 4) is 0 Å². The molecule has 0 saturated heterocycles. The third kappa shape index (κ3) is 13.6. The summed E-state index contributed by atoms with van der Waals surface area (Å²) in [6.45, 7) is 6.34. The molecule has 0 spiro atoms. The Morgan fingerprint density at radius 1 is 0.783 bits per heavy atom. The molecule has 3 heteroatoms. The highest BCUT2D eigenvalue weighted by atomic mass is 16.5. The Bertz CT molecular complexity index is 276. The Hall–Kier alpha value is -0.570. The number of esters is 1. The van der Waals surface area contributed by atoms with Crippen LogP contribution in [0.3, 0.4) is 0 Å². The van der Waals surface area contributed by atoms with Gasteiger partial charge in [-0.05, 0) is 19.3 Å². The third-order valence-electron chi connectivity index (χ3n) is 4.68. The third-order valence-corrected chi connectivity index (χ3v) is 4.68. The largest absolute Gasteiger partial charge is 0.469 e. The van der Waals surface area contributed by atoms with Crippen molar-refractivity contribution in [3.63, 3.8) is 0 Å². The van der Waals surface area contributed by atoms with Gasteiger partial charge in [-0.25, -0.2) is 0 Å². The molecule has 3 nitrogen and oxygen atoms in total. The minimum atomic E-state index is -0.562. The highest BCUT2D eigenvalue weighted by Crippen LogP contribution is 2.16. The molecule has 0 fully saturated rings. The molecule has 0 bridgehead atoms. The van der Waals surface area contributed by atoms with Crippen molar-refractivity contribution in [2.45, 2.75) is 104 Å². The van der Waals surface area contributed by atoms with Gasteiger partial charge in [0.25, 0.3) is 0 Å². The maximum Gasteiger partial charge on any atom is 0.311 e. The lowest BCUT2D eigenvalue weighted by Gasteiger charge is -2.16. The van der Waals surface area contributed by atoms with Crippen LogP contribution in [0.25, 0.3) is 0 Å². The van der Waals surface area contributed by atoms with Gasteiger partial charge >= 0.3 is 5.97 Å². The number of unbranched alkanes of at least 4 members (excludes halogenated alkanes) is 9. The minimum Gasteiger partial charge on any atom is -0.469 e. The summed E-state index contributed by atoms with van der Waals surface area (Å²) in [7, 11) is 1.37.